The number of alkyl halides is 1. The maximum absolute atomic E-state index is 14.6. The van der Waals surface area contributed by atoms with Gasteiger partial charge in [-0.2, -0.15) is 0 Å². The fourth-order valence-corrected chi connectivity index (χ4v) is 10.1. The number of aliphatic hydroxyl groups is 1. The minimum absolute atomic E-state index is 0.00812. The molecule has 1 aromatic carbocycles. The van der Waals surface area contributed by atoms with Crippen LogP contribution in [0.4, 0.5) is 5.69 Å². The molecule has 3 saturated heterocycles. The molecule has 9 heteroatoms. The van der Waals surface area contributed by atoms with Gasteiger partial charge < -0.3 is 19.8 Å². The van der Waals surface area contributed by atoms with Crippen molar-refractivity contribution in [2.45, 2.75) is 47.6 Å². The Morgan fingerprint density at radius 2 is 1.86 bits per heavy atom. The van der Waals surface area contributed by atoms with Crippen molar-refractivity contribution in [1.29, 1.82) is 0 Å². The van der Waals surface area contributed by atoms with Crippen LogP contribution in [0.25, 0.3) is 0 Å². The van der Waals surface area contributed by atoms with E-state index in [1.165, 1.54) is 0 Å². The fraction of sp³-hybridized carbons (Fsp3) is 0.536. The number of amides is 3. The van der Waals surface area contributed by atoms with Crippen molar-refractivity contribution < 1.29 is 19.5 Å². The number of nitrogens with zero attached hydrogens (tertiary/aromatic N) is 3. The Labute approximate surface area is 232 Å². The third-order valence-electron chi connectivity index (χ3n) is 7.93. The smallest absolute Gasteiger partial charge is 0.251 e. The van der Waals surface area contributed by atoms with Crippen molar-refractivity contribution in [3.63, 3.8) is 0 Å². The number of anilines is 1. The average molecular weight is 591 g/mol. The fourth-order valence-electron chi connectivity index (χ4n) is 6.51. The Kier molecular flexibility index (Phi) is 8.26. The van der Waals surface area contributed by atoms with E-state index in [-0.39, 0.29) is 41.0 Å². The van der Waals surface area contributed by atoms with Gasteiger partial charge >= 0.3 is 0 Å². The van der Waals surface area contributed by atoms with Gasteiger partial charge in [-0.1, -0.05) is 46.3 Å². The molecule has 4 rings (SSSR count). The van der Waals surface area contributed by atoms with Crippen LogP contribution in [-0.4, -0.2) is 86.8 Å². The van der Waals surface area contributed by atoms with E-state index < -0.39 is 22.6 Å². The van der Waals surface area contributed by atoms with Gasteiger partial charge in [0.15, 0.2) is 0 Å². The molecule has 1 aromatic rings. The number of hydrogen-bond donors (Lipinski definition) is 1. The number of thioether (sulfide) groups is 1. The van der Waals surface area contributed by atoms with Crippen LogP contribution in [0.2, 0.25) is 0 Å². The number of likely N-dealkylation sites (N-methyl/N-ethyl adjacent to an activating group) is 1. The van der Waals surface area contributed by atoms with Crippen molar-refractivity contribution in [3.05, 3.63) is 54.6 Å². The van der Waals surface area contributed by atoms with E-state index in [0.29, 0.717) is 25.9 Å². The molecule has 0 radical (unpaired) electrons. The van der Waals surface area contributed by atoms with E-state index in [2.05, 4.69) is 29.1 Å². The second kappa shape index (κ2) is 10.9. The van der Waals surface area contributed by atoms with Crippen molar-refractivity contribution in [3.8, 4) is 0 Å². The summed E-state index contributed by atoms with van der Waals surface area (Å²) < 4.78 is -0.728. The lowest BCUT2D eigenvalue weighted by atomic mass is 9.70. The minimum Gasteiger partial charge on any atom is -0.396 e. The summed E-state index contributed by atoms with van der Waals surface area (Å²) in [6.45, 7) is 12.5. The van der Waals surface area contributed by atoms with Gasteiger partial charge in [0.2, 0.25) is 11.8 Å². The van der Waals surface area contributed by atoms with E-state index in [4.69, 9.17) is 0 Å². The molecule has 3 heterocycles. The zero-order valence-corrected chi connectivity index (χ0v) is 24.1. The first-order chi connectivity index (χ1) is 17.6. The monoisotopic (exact) mass is 589 g/mol. The predicted octanol–water partition coefficient (Wildman–Crippen LogP) is 3.31. The number of rotatable bonds is 10. The quantitative estimate of drug-likeness (QED) is 0.334. The molecule has 1 spiro atoms. The van der Waals surface area contributed by atoms with Crippen LogP contribution >= 0.6 is 27.7 Å². The van der Waals surface area contributed by atoms with Crippen LogP contribution in [0.1, 0.15) is 24.0 Å². The second-order valence-electron chi connectivity index (χ2n) is 10.3. The summed E-state index contributed by atoms with van der Waals surface area (Å²) in [5.74, 6) is -1.52. The van der Waals surface area contributed by atoms with E-state index in [1.54, 1.807) is 45.7 Å². The molecule has 3 aliphatic rings. The molecule has 0 aliphatic carbocycles. The van der Waals surface area contributed by atoms with Crippen molar-refractivity contribution >= 4 is 51.1 Å². The molecule has 6 atom stereocenters. The van der Waals surface area contributed by atoms with E-state index in [9.17, 15) is 19.5 Å². The van der Waals surface area contributed by atoms with Gasteiger partial charge in [0, 0.05) is 49.1 Å². The maximum atomic E-state index is 14.6. The number of aryl methyl sites for hydroxylation is 2. The second-order valence-corrected chi connectivity index (χ2v) is 13.0. The lowest BCUT2D eigenvalue weighted by Gasteiger charge is -2.38. The molecule has 200 valence electrons. The summed E-state index contributed by atoms with van der Waals surface area (Å²) in [7, 11) is 1.73. The molecular formula is C28H36BrN3O4S. The van der Waals surface area contributed by atoms with Gasteiger partial charge in [0.05, 0.1) is 16.6 Å². The number of hydrogen-bond acceptors (Lipinski definition) is 5. The number of likely N-dealkylation sites (tertiary alicyclic amines) is 1. The van der Waals surface area contributed by atoms with E-state index in [1.807, 2.05) is 32.0 Å². The van der Waals surface area contributed by atoms with Crippen LogP contribution in [0.5, 0.6) is 0 Å². The first kappa shape index (κ1) is 27.9. The van der Waals surface area contributed by atoms with Crippen molar-refractivity contribution in [1.82, 2.24) is 9.80 Å². The first-order valence-electron chi connectivity index (χ1n) is 12.7. The Bertz CT molecular complexity index is 1090. The molecular weight excluding hydrogens is 554 g/mol. The molecule has 7 nitrogen and oxygen atoms in total. The highest BCUT2D eigenvalue weighted by Crippen LogP contribution is 2.68. The zero-order chi connectivity index (χ0) is 27.1. The Hall–Kier alpha value is -2.10. The highest BCUT2D eigenvalue weighted by atomic mass is 79.9. The van der Waals surface area contributed by atoms with Crippen molar-refractivity contribution in [2.75, 3.05) is 38.2 Å². The lowest BCUT2D eigenvalue weighted by Crippen LogP contribution is -2.56. The molecule has 37 heavy (non-hydrogen) atoms. The summed E-state index contributed by atoms with van der Waals surface area (Å²) in [5, 5.41) is 9.50. The molecule has 0 aromatic heterocycles. The first-order valence-corrected chi connectivity index (χ1v) is 14.5. The zero-order valence-electron chi connectivity index (χ0n) is 21.7. The maximum Gasteiger partial charge on any atom is 0.251 e. The number of benzene rings is 1. The standard InChI is InChI=1S/C28H36BrN3O4S/c1-6-12-30(5)25(34)20-21-26(35)32(14-9-15-33)24(28(21)16-19(29)23(20)37-28)27(36)31(13-7-2)22-17(3)10-8-11-18(22)4/h6-8,10-11,19-21,23-24,33H,1-2,9,12-16H2,3-5H3/t19?,20-,21+,23-,24?,28?/m1/s1. The third kappa shape index (κ3) is 4.46. The molecule has 3 unspecified atom stereocenters. The van der Waals surface area contributed by atoms with Crippen LogP contribution in [-0.2, 0) is 14.4 Å². The summed E-state index contributed by atoms with van der Waals surface area (Å²) in [6.07, 6.45) is 4.36. The van der Waals surface area contributed by atoms with Crippen LogP contribution < -0.4 is 4.90 Å². The summed E-state index contributed by atoms with van der Waals surface area (Å²) >= 11 is 5.43. The van der Waals surface area contributed by atoms with Gasteiger partial charge in [-0.15, -0.1) is 24.9 Å². The highest BCUT2D eigenvalue weighted by Gasteiger charge is 2.76. The Balaban J connectivity index is 1.82. The van der Waals surface area contributed by atoms with Gasteiger partial charge in [0.1, 0.15) is 6.04 Å². The van der Waals surface area contributed by atoms with E-state index in [0.717, 1.165) is 16.8 Å². The van der Waals surface area contributed by atoms with Crippen LogP contribution in [0.15, 0.2) is 43.5 Å². The third-order valence-corrected chi connectivity index (χ3v) is 11.2. The summed E-state index contributed by atoms with van der Waals surface area (Å²) in [5.41, 5.74) is 2.76. The van der Waals surface area contributed by atoms with Gasteiger partial charge in [0.25, 0.3) is 5.91 Å². The number of aliphatic hydroxyl groups excluding tert-OH is 1. The largest absolute Gasteiger partial charge is 0.396 e. The Morgan fingerprint density at radius 1 is 1.22 bits per heavy atom. The summed E-state index contributed by atoms with van der Waals surface area (Å²) in [4.78, 5) is 47.3. The predicted molar refractivity (Wildman–Crippen MR) is 152 cm³/mol. The van der Waals surface area contributed by atoms with Gasteiger partial charge in [-0.3, -0.25) is 14.4 Å². The molecule has 3 aliphatic heterocycles. The molecule has 0 saturated carbocycles. The normalized spacial score (nSPS) is 29.8. The SMILES string of the molecule is C=CCN(C)C(=O)[C@H]1[C@@H]2SC3(CC2Br)C(C(=O)N(CC=C)c2c(C)cccc2C)N(CCCO)C(=O)[C@H]13. The molecule has 2 bridgehead atoms. The number of carbonyl (C=O) groups excluding carboxylic acids is 3. The lowest BCUT2D eigenvalue weighted by molar-refractivity contribution is -0.143. The Morgan fingerprint density at radius 3 is 2.46 bits per heavy atom. The number of carbonyl (C=O) groups is 3. The van der Waals surface area contributed by atoms with Crippen LogP contribution in [0.3, 0.4) is 0 Å². The number of halogens is 1. The molecule has 1 N–H and O–H groups in total. The van der Waals surface area contributed by atoms with E-state index >= 15 is 0 Å². The highest BCUT2D eigenvalue weighted by molar-refractivity contribution is 9.09. The minimum atomic E-state index is -0.743. The van der Waals surface area contributed by atoms with Gasteiger partial charge in [-0.25, -0.2) is 0 Å². The van der Waals surface area contributed by atoms with Gasteiger partial charge in [-0.05, 0) is 37.8 Å². The average Bonchev–Trinajstić information content (AvgIpc) is 3.44. The molecule has 3 fully saturated rings. The molecule has 3 amide bonds. The van der Waals surface area contributed by atoms with Crippen molar-refractivity contribution in [2.24, 2.45) is 11.8 Å². The number of para-hydroxylation sites is 1. The number of fused-ring (bicyclic) bond motifs is 1. The summed E-state index contributed by atoms with van der Waals surface area (Å²) in [6, 6.07) is 5.18. The van der Waals surface area contributed by atoms with Crippen LogP contribution in [0, 0.1) is 25.7 Å². The topological polar surface area (TPSA) is 81.2 Å².